The second-order valence-electron chi connectivity index (χ2n) is 5.49. The van der Waals surface area contributed by atoms with Gasteiger partial charge in [-0.3, -0.25) is 9.59 Å². The summed E-state index contributed by atoms with van der Waals surface area (Å²) >= 11 is 0. The highest BCUT2D eigenvalue weighted by Gasteiger charge is 2.10. The molecule has 122 valence electrons. The smallest absolute Gasteiger partial charge is 0.228 e. The molecule has 0 atom stereocenters. The Morgan fingerprint density at radius 3 is 2.58 bits per heavy atom. The zero-order chi connectivity index (χ0) is 17.1. The molecule has 0 fully saturated rings. The molecule has 1 aromatic heterocycles. The maximum absolute atomic E-state index is 13.4. The number of carbonyl (C=O) groups is 2. The topological polar surface area (TPSA) is 74.0 Å². The van der Waals surface area contributed by atoms with Crippen molar-refractivity contribution < 1.29 is 14.0 Å². The minimum Gasteiger partial charge on any atom is -0.361 e. The van der Waals surface area contributed by atoms with Crippen molar-refractivity contribution in [2.75, 3.05) is 10.6 Å². The Bertz CT molecular complexity index is 918. The van der Waals surface area contributed by atoms with Crippen molar-refractivity contribution in [3.8, 4) is 0 Å². The molecule has 0 radical (unpaired) electrons. The molecule has 0 saturated heterocycles. The second-order valence-corrected chi connectivity index (χ2v) is 5.49. The molecule has 0 bridgehead atoms. The SMILES string of the molecule is CC(=O)Nc1cccc(NC(=O)Cc2c[nH]c3ccc(F)cc23)c1. The number of nitrogens with one attached hydrogen (secondary N) is 3. The third-order valence-corrected chi connectivity index (χ3v) is 3.55. The molecule has 0 saturated carbocycles. The molecule has 3 rings (SSSR count). The maximum Gasteiger partial charge on any atom is 0.228 e. The minimum atomic E-state index is -0.341. The standard InChI is InChI=1S/C18H16FN3O2/c1-11(23)21-14-3-2-4-15(9-14)22-18(24)7-12-10-20-17-6-5-13(19)8-16(12)17/h2-6,8-10,20H,7H2,1H3,(H,21,23)(H,22,24). The number of halogens is 1. The molecule has 3 N–H and O–H groups in total. The highest BCUT2D eigenvalue weighted by molar-refractivity contribution is 5.96. The zero-order valence-corrected chi connectivity index (χ0v) is 13.0. The first-order valence-corrected chi connectivity index (χ1v) is 7.44. The number of H-pyrrole nitrogens is 1. The summed E-state index contributed by atoms with van der Waals surface area (Å²) in [6, 6.07) is 11.3. The third-order valence-electron chi connectivity index (χ3n) is 3.55. The van der Waals surface area contributed by atoms with Crippen molar-refractivity contribution >= 4 is 34.1 Å². The van der Waals surface area contributed by atoms with E-state index in [1.807, 2.05) is 0 Å². The number of aromatic nitrogens is 1. The molecule has 0 aliphatic heterocycles. The number of anilines is 2. The van der Waals surface area contributed by atoms with E-state index in [1.165, 1.54) is 19.1 Å². The highest BCUT2D eigenvalue weighted by atomic mass is 19.1. The van der Waals surface area contributed by atoms with Gasteiger partial charge in [-0.1, -0.05) is 6.07 Å². The fourth-order valence-electron chi connectivity index (χ4n) is 2.55. The molecule has 3 aromatic rings. The molecule has 5 nitrogen and oxygen atoms in total. The van der Waals surface area contributed by atoms with Gasteiger partial charge in [-0.05, 0) is 42.0 Å². The van der Waals surface area contributed by atoms with Gasteiger partial charge in [-0.2, -0.15) is 0 Å². The van der Waals surface area contributed by atoms with Crippen LogP contribution in [0.15, 0.2) is 48.7 Å². The summed E-state index contributed by atoms with van der Waals surface area (Å²) in [5.74, 6) is -0.744. The van der Waals surface area contributed by atoms with Gasteiger partial charge in [0.2, 0.25) is 11.8 Å². The first-order chi connectivity index (χ1) is 11.5. The van der Waals surface area contributed by atoms with E-state index in [9.17, 15) is 14.0 Å². The van der Waals surface area contributed by atoms with Gasteiger partial charge in [-0.15, -0.1) is 0 Å². The number of hydrogen-bond donors (Lipinski definition) is 3. The highest BCUT2D eigenvalue weighted by Crippen LogP contribution is 2.21. The molecule has 24 heavy (non-hydrogen) atoms. The van der Waals surface area contributed by atoms with Crippen LogP contribution in [-0.2, 0) is 16.0 Å². The van der Waals surface area contributed by atoms with Crippen molar-refractivity contribution in [2.45, 2.75) is 13.3 Å². The Kier molecular flexibility index (Phi) is 4.29. The number of aromatic amines is 1. The van der Waals surface area contributed by atoms with Gasteiger partial charge in [0, 0.05) is 35.4 Å². The number of carbonyl (C=O) groups excluding carboxylic acids is 2. The molecular weight excluding hydrogens is 309 g/mol. The maximum atomic E-state index is 13.4. The summed E-state index contributed by atoms with van der Waals surface area (Å²) in [5.41, 5.74) is 2.69. The summed E-state index contributed by atoms with van der Waals surface area (Å²) < 4.78 is 13.4. The lowest BCUT2D eigenvalue weighted by Gasteiger charge is -2.07. The Morgan fingerprint density at radius 1 is 1.08 bits per heavy atom. The fourth-order valence-corrected chi connectivity index (χ4v) is 2.55. The number of rotatable bonds is 4. The van der Waals surface area contributed by atoms with E-state index in [1.54, 1.807) is 36.5 Å². The predicted octanol–water partition coefficient (Wildman–Crippen LogP) is 3.45. The molecule has 2 aromatic carbocycles. The van der Waals surface area contributed by atoms with Crippen LogP contribution < -0.4 is 10.6 Å². The molecule has 1 heterocycles. The Hall–Kier alpha value is -3.15. The van der Waals surface area contributed by atoms with Crippen molar-refractivity contribution in [3.63, 3.8) is 0 Å². The van der Waals surface area contributed by atoms with Gasteiger partial charge >= 0.3 is 0 Å². The van der Waals surface area contributed by atoms with Crippen LogP contribution >= 0.6 is 0 Å². The summed E-state index contributed by atoms with van der Waals surface area (Å²) in [5, 5.41) is 6.12. The summed E-state index contributed by atoms with van der Waals surface area (Å²) in [4.78, 5) is 26.3. The monoisotopic (exact) mass is 325 g/mol. The molecule has 6 heteroatoms. The normalized spacial score (nSPS) is 10.6. The molecular formula is C18H16FN3O2. The first kappa shape index (κ1) is 15.7. The van der Waals surface area contributed by atoms with Crippen LogP contribution in [0, 0.1) is 5.82 Å². The van der Waals surface area contributed by atoms with Crippen LogP contribution in [0.5, 0.6) is 0 Å². The Morgan fingerprint density at radius 2 is 1.83 bits per heavy atom. The van der Waals surface area contributed by atoms with Crippen molar-refractivity contribution in [3.05, 3.63) is 60.0 Å². The van der Waals surface area contributed by atoms with Crippen LogP contribution in [0.25, 0.3) is 10.9 Å². The van der Waals surface area contributed by atoms with Crippen molar-refractivity contribution in [1.82, 2.24) is 4.98 Å². The lowest BCUT2D eigenvalue weighted by molar-refractivity contribution is -0.115. The summed E-state index contributed by atoms with van der Waals surface area (Å²) in [7, 11) is 0. The zero-order valence-electron chi connectivity index (χ0n) is 13.0. The van der Waals surface area contributed by atoms with Gasteiger partial charge in [0.25, 0.3) is 0 Å². The Labute approximate surface area is 137 Å². The summed E-state index contributed by atoms with van der Waals surface area (Å²) in [6.07, 6.45) is 1.82. The number of benzene rings is 2. The van der Waals surface area contributed by atoms with Crippen molar-refractivity contribution in [1.29, 1.82) is 0 Å². The first-order valence-electron chi connectivity index (χ1n) is 7.44. The van der Waals surface area contributed by atoms with E-state index >= 15 is 0 Å². The van der Waals surface area contributed by atoms with Crippen LogP contribution in [0.2, 0.25) is 0 Å². The fraction of sp³-hybridized carbons (Fsp3) is 0.111. The Balaban J connectivity index is 1.73. The van der Waals surface area contributed by atoms with Crippen LogP contribution in [0.3, 0.4) is 0 Å². The lowest BCUT2D eigenvalue weighted by atomic mass is 10.1. The van der Waals surface area contributed by atoms with E-state index in [-0.39, 0.29) is 24.1 Å². The van der Waals surface area contributed by atoms with Gasteiger partial charge in [0.15, 0.2) is 0 Å². The quantitative estimate of drug-likeness (QED) is 0.687. The molecule has 0 unspecified atom stereocenters. The molecule has 0 aliphatic rings. The van der Waals surface area contributed by atoms with E-state index in [4.69, 9.17) is 0 Å². The van der Waals surface area contributed by atoms with Gasteiger partial charge < -0.3 is 15.6 Å². The summed E-state index contributed by atoms with van der Waals surface area (Å²) in [6.45, 7) is 1.42. The molecule has 0 spiro atoms. The minimum absolute atomic E-state index is 0.119. The second kappa shape index (κ2) is 6.54. The third kappa shape index (κ3) is 3.60. The molecule has 0 aliphatic carbocycles. The van der Waals surface area contributed by atoms with Crippen molar-refractivity contribution in [2.24, 2.45) is 0 Å². The van der Waals surface area contributed by atoms with Gasteiger partial charge in [0.1, 0.15) is 5.82 Å². The number of amides is 2. The van der Waals surface area contributed by atoms with Crippen LogP contribution in [0.4, 0.5) is 15.8 Å². The van der Waals surface area contributed by atoms with E-state index in [0.29, 0.717) is 16.8 Å². The molecule has 2 amide bonds. The van der Waals surface area contributed by atoms with E-state index in [2.05, 4.69) is 15.6 Å². The van der Waals surface area contributed by atoms with E-state index in [0.717, 1.165) is 11.1 Å². The largest absolute Gasteiger partial charge is 0.361 e. The van der Waals surface area contributed by atoms with Gasteiger partial charge in [-0.25, -0.2) is 4.39 Å². The average Bonchev–Trinajstić information content (AvgIpc) is 2.89. The predicted molar refractivity (Wildman–Crippen MR) is 91.3 cm³/mol. The van der Waals surface area contributed by atoms with Crippen LogP contribution in [-0.4, -0.2) is 16.8 Å². The average molecular weight is 325 g/mol. The van der Waals surface area contributed by atoms with Gasteiger partial charge in [0.05, 0.1) is 6.42 Å². The van der Waals surface area contributed by atoms with E-state index < -0.39 is 0 Å². The number of fused-ring (bicyclic) bond motifs is 1. The van der Waals surface area contributed by atoms with Crippen LogP contribution in [0.1, 0.15) is 12.5 Å². The lowest BCUT2D eigenvalue weighted by Crippen LogP contribution is -2.14. The number of hydrogen-bond acceptors (Lipinski definition) is 2.